The number of nitrogens with zero attached hydrogens (tertiary/aromatic N) is 1. The minimum atomic E-state index is 0.201. The molecule has 0 saturated heterocycles. The lowest BCUT2D eigenvalue weighted by atomic mass is 10.0. The van der Waals surface area contributed by atoms with Crippen molar-refractivity contribution in [1.29, 1.82) is 0 Å². The molecule has 3 heteroatoms. The van der Waals surface area contributed by atoms with E-state index in [1.165, 1.54) is 0 Å². The number of hydrogen-bond donors (Lipinski definition) is 1. The lowest BCUT2D eigenvalue weighted by molar-refractivity contribution is -0.130. The molecule has 0 spiro atoms. The number of amides is 1. The van der Waals surface area contributed by atoms with Gasteiger partial charge in [0.25, 0.3) is 0 Å². The summed E-state index contributed by atoms with van der Waals surface area (Å²) in [5.41, 5.74) is 5.90. The lowest BCUT2D eigenvalue weighted by Gasteiger charge is -2.21. The molecule has 3 nitrogen and oxygen atoms in total. The van der Waals surface area contributed by atoms with Gasteiger partial charge in [0.05, 0.1) is 0 Å². The first-order valence-corrected chi connectivity index (χ1v) is 5.48. The summed E-state index contributed by atoms with van der Waals surface area (Å²) in [5.74, 6) is 0.716. The molecule has 1 atom stereocenters. The Morgan fingerprint density at radius 3 is 2.43 bits per heavy atom. The number of rotatable bonds is 6. The topological polar surface area (TPSA) is 46.3 Å². The highest BCUT2D eigenvalue weighted by Gasteiger charge is 2.11. The second-order valence-corrected chi connectivity index (χ2v) is 4.26. The monoisotopic (exact) mass is 200 g/mol. The van der Waals surface area contributed by atoms with Gasteiger partial charge in [0.2, 0.25) is 5.91 Å². The van der Waals surface area contributed by atoms with Crippen LogP contribution in [0.25, 0.3) is 0 Å². The summed E-state index contributed by atoms with van der Waals surface area (Å²) >= 11 is 0. The van der Waals surface area contributed by atoms with E-state index in [0.29, 0.717) is 12.3 Å². The molecule has 0 aromatic rings. The van der Waals surface area contributed by atoms with Crippen LogP contribution >= 0.6 is 0 Å². The molecule has 0 unspecified atom stereocenters. The summed E-state index contributed by atoms with van der Waals surface area (Å²) in [6.07, 6.45) is 2.45. The number of carbonyl (C=O) groups is 1. The van der Waals surface area contributed by atoms with Crippen LogP contribution in [0, 0.1) is 5.92 Å². The maximum Gasteiger partial charge on any atom is 0.222 e. The maximum absolute atomic E-state index is 11.4. The van der Waals surface area contributed by atoms with Crippen LogP contribution < -0.4 is 5.73 Å². The van der Waals surface area contributed by atoms with E-state index < -0.39 is 0 Å². The fourth-order valence-electron chi connectivity index (χ4n) is 1.21. The first kappa shape index (κ1) is 13.4. The molecule has 1 amide bonds. The quantitative estimate of drug-likeness (QED) is 0.708. The third-order valence-electron chi connectivity index (χ3n) is 2.54. The predicted octanol–water partition coefficient (Wildman–Crippen LogP) is 1.62. The highest BCUT2D eigenvalue weighted by Crippen LogP contribution is 2.04. The van der Waals surface area contributed by atoms with Crippen LogP contribution in [-0.4, -0.2) is 30.4 Å². The van der Waals surface area contributed by atoms with Gasteiger partial charge < -0.3 is 10.6 Å². The van der Waals surface area contributed by atoms with Gasteiger partial charge in [0.15, 0.2) is 0 Å². The van der Waals surface area contributed by atoms with E-state index in [1.54, 1.807) is 4.90 Å². The Kier molecular flexibility index (Phi) is 6.54. The van der Waals surface area contributed by atoms with Gasteiger partial charge in [-0.15, -0.1) is 0 Å². The standard InChI is InChI=1S/C11H24N2O/c1-5-6-11(14)13(4)8-7-10(12)9(2)3/h9-10H,5-8,12H2,1-4H3/t10-/m1/s1. The average molecular weight is 200 g/mol. The predicted molar refractivity (Wildman–Crippen MR) is 60.0 cm³/mol. The van der Waals surface area contributed by atoms with Crippen LogP contribution in [0.2, 0.25) is 0 Å². The number of hydrogen-bond acceptors (Lipinski definition) is 2. The van der Waals surface area contributed by atoms with Gasteiger partial charge in [-0.2, -0.15) is 0 Å². The normalized spacial score (nSPS) is 13.0. The van der Waals surface area contributed by atoms with Gasteiger partial charge in [-0.25, -0.2) is 0 Å². The van der Waals surface area contributed by atoms with Crippen LogP contribution in [0.4, 0.5) is 0 Å². The number of carbonyl (C=O) groups excluding carboxylic acids is 1. The molecule has 0 saturated carbocycles. The Hall–Kier alpha value is -0.570. The van der Waals surface area contributed by atoms with Crippen molar-refractivity contribution >= 4 is 5.91 Å². The molecule has 0 aliphatic heterocycles. The molecular formula is C11H24N2O. The molecule has 0 aliphatic carbocycles. The van der Waals surface area contributed by atoms with Gasteiger partial charge in [-0.1, -0.05) is 20.8 Å². The first-order valence-electron chi connectivity index (χ1n) is 5.48. The van der Waals surface area contributed by atoms with Gasteiger partial charge in [-0.05, 0) is 18.8 Å². The Morgan fingerprint density at radius 1 is 1.43 bits per heavy atom. The van der Waals surface area contributed by atoms with E-state index in [4.69, 9.17) is 5.73 Å². The molecule has 14 heavy (non-hydrogen) atoms. The van der Waals surface area contributed by atoms with Crippen molar-refractivity contribution < 1.29 is 4.79 Å². The second kappa shape index (κ2) is 6.82. The van der Waals surface area contributed by atoms with Crippen molar-refractivity contribution in [3.05, 3.63) is 0 Å². The van der Waals surface area contributed by atoms with Crippen molar-refractivity contribution in [2.75, 3.05) is 13.6 Å². The van der Waals surface area contributed by atoms with E-state index in [9.17, 15) is 4.79 Å². The number of nitrogens with two attached hydrogens (primary N) is 1. The summed E-state index contributed by atoms with van der Waals surface area (Å²) in [4.78, 5) is 13.2. The van der Waals surface area contributed by atoms with E-state index in [1.807, 2.05) is 14.0 Å². The van der Waals surface area contributed by atoms with Crippen molar-refractivity contribution in [1.82, 2.24) is 4.90 Å². The second-order valence-electron chi connectivity index (χ2n) is 4.26. The fraction of sp³-hybridized carbons (Fsp3) is 0.909. The molecule has 0 aromatic heterocycles. The van der Waals surface area contributed by atoms with Crippen LogP contribution in [0.15, 0.2) is 0 Å². The van der Waals surface area contributed by atoms with Gasteiger partial charge in [-0.3, -0.25) is 4.79 Å². The maximum atomic E-state index is 11.4. The minimum Gasteiger partial charge on any atom is -0.346 e. The molecule has 0 aliphatic rings. The zero-order valence-corrected chi connectivity index (χ0v) is 9.92. The van der Waals surface area contributed by atoms with Crippen LogP contribution in [-0.2, 0) is 4.79 Å². The van der Waals surface area contributed by atoms with Gasteiger partial charge in [0, 0.05) is 26.1 Å². The summed E-state index contributed by atoms with van der Waals surface area (Å²) in [5, 5.41) is 0. The Bertz CT molecular complexity index is 169. The van der Waals surface area contributed by atoms with Crippen LogP contribution in [0.1, 0.15) is 40.0 Å². The molecule has 2 N–H and O–H groups in total. The molecule has 0 rings (SSSR count). The summed E-state index contributed by atoms with van der Waals surface area (Å²) in [7, 11) is 1.85. The Balaban J connectivity index is 3.72. The third-order valence-corrected chi connectivity index (χ3v) is 2.54. The van der Waals surface area contributed by atoms with Crippen molar-refractivity contribution in [2.24, 2.45) is 11.7 Å². The van der Waals surface area contributed by atoms with Gasteiger partial charge in [0.1, 0.15) is 0 Å². The van der Waals surface area contributed by atoms with E-state index in [2.05, 4.69) is 13.8 Å². The highest BCUT2D eigenvalue weighted by molar-refractivity contribution is 5.75. The van der Waals surface area contributed by atoms with E-state index in [0.717, 1.165) is 19.4 Å². The van der Waals surface area contributed by atoms with E-state index >= 15 is 0 Å². The molecule has 0 aromatic carbocycles. The highest BCUT2D eigenvalue weighted by atomic mass is 16.2. The smallest absolute Gasteiger partial charge is 0.222 e. The third kappa shape index (κ3) is 5.22. The SMILES string of the molecule is CCCC(=O)N(C)CC[C@@H](N)C(C)C. The Labute approximate surface area is 87.6 Å². The fourth-order valence-corrected chi connectivity index (χ4v) is 1.21. The molecule has 0 bridgehead atoms. The molecule has 0 fully saturated rings. The summed E-state index contributed by atoms with van der Waals surface area (Å²) in [6, 6.07) is 0.201. The van der Waals surface area contributed by atoms with Crippen LogP contribution in [0.3, 0.4) is 0 Å². The largest absolute Gasteiger partial charge is 0.346 e. The van der Waals surface area contributed by atoms with Crippen molar-refractivity contribution in [3.8, 4) is 0 Å². The van der Waals surface area contributed by atoms with Crippen molar-refractivity contribution in [2.45, 2.75) is 46.1 Å². The summed E-state index contributed by atoms with van der Waals surface area (Å²) in [6.45, 7) is 7.01. The van der Waals surface area contributed by atoms with E-state index in [-0.39, 0.29) is 11.9 Å². The molecule has 0 heterocycles. The summed E-state index contributed by atoms with van der Waals surface area (Å²) < 4.78 is 0. The Morgan fingerprint density at radius 2 is 2.00 bits per heavy atom. The first-order chi connectivity index (χ1) is 6.49. The van der Waals surface area contributed by atoms with Gasteiger partial charge >= 0.3 is 0 Å². The zero-order valence-electron chi connectivity index (χ0n) is 9.92. The minimum absolute atomic E-state index is 0.201. The molecular weight excluding hydrogens is 176 g/mol. The average Bonchev–Trinajstić information content (AvgIpc) is 2.13. The molecule has 0 radical (unpaired) electrons. The van der Waals surface area contributed by atoms with Crippen molar-refractivity contribution in [3.63, 3.8) is 0 Å². The molecule has 84 valence electrons. The van der Waals surface area contributed by atoms with Crippen LogP contribution in [0.5, 0.6) is 0 Å². The lowest BCUT2D eigenvalue weighted by Crippen LogP contribution is -2.34. The zero-order chi connectivity index (χ0) is 11.1.